The summed E-state index contributed by atoms with van der Waals surface area (Å²) in [6.45, 7) is 9.65. The molecule has 2 aromatic heterocycles. The lowest BCUT2D eigenvalue weighted by Crippen LogP contribution is -2.41. The van der Waals surface area contributed by atoms with Crippen LogP contribution in [0.3, 0.4) is 0 Å². The third kappa shape index (κ3) is 2.92. The summed E-state index contributed by atoms with van der Waals surface area (Å²) in [5, 5.41) is 3.45. The Morgan fingerprint density at radius 2 is 1.88 bits per heavy atom. The zero-order chi connectivity index (χ0) is 17.5. The van der Waals surface area contributed by atoms with Gasteiger partial charge in [-0.2, -0.15) is 0 Å². The quantitative estimate of drug-likeness (QED) is 0.613. The van der Waals surface area contributed by atoms with E-state index in [1.54, 1.807) is 6.92 Å². The zero-order valence-corrected chi connectivity index (χ0v) is 14.2. The number of esters is 1. The summed E-state index contributed by atoms with van der Waals surface area (Å²) in [7, 11) is -0.575. The Morgan fingerprint density at radius 1 is 1.21 bits per heavy atom. The van der Waals surface area contributed by atoms with Gasteiger partial charge in [0.15, 0.2) is 0 Å². The molecule has 2 aromatic rings. The third-order valence-electron chi connectivity index (χ3n) is 4.33. The number of aryl methyl sites for hydroxylation is 1. The number of aromatic nitrogens is 3. The first-order valence-electron chi connectivity index (χ1n) is 7.52. The fourth-order valence-electron chi connectivity index (χ4n) is 2.16. The van der Waals surface area contributed by atoms with Crippen molar-refractivity contribution in [2.24, 2.45) is 0 Å². The summed E-state index contributed by atoms with van der Waals surface area (Å²) in [4.78, 5) is 20.1. The number of carbonyl (C=O) groups is 1. The van der Waals surface area contributed by atoms with Gasteiger partial charge < -0.3 is 18.6 Å². The summed E-state index contributed by atoms with van der Waals surface area (Å²) in [6, 6.07) is 1.32. The van der Waals surface area contributed by atoms with Crippen molar-refractivity contribution >= 4 is 18.6 Å². The monoisotopic (exact) mass is 331 g/mol. The van der Waals surface area contributed by atoms with Crippen LogP contribution in [0.15, 0.2) is 23.0 Å². The average Bonchev–Trinajstić information content (AvgIpc) is 3.06. The topological polar surface area (TPSA) is 96.6 Å². The molecule has 0 amide bonds. The standard InChI is InChI=1S/C15H18BN3O5/c1-9-10(16-23-14(2,3)15(4,5)24-16)8-17-13(19-9)21-12(20)11-6-7-18-22-11/h6-8H,1-5H3. The van der Waals surface area contributed by atoms with Crippen LogP contribution >= 0.6 is 0 Å². The first-order chi connectivity index (χ1) is 11.2. The predicted octanol–water partition coefficient (Wildman–Crippen LogP) is 1.29. The van der Waals surface area contributed by atoms with Crippen molar-refractivity contribution in [2.75, 3.05) is 0 Å². The van der Waals surface area contributed by atoms with Crippen molar-refractivity contribution in [1.29, 1.82) is 0 Å². The third-order valence-corrected chi connectivity index (χ3v) is 4.33. The van der Waals surface area contributed by atoms with E-state index in [9.17, 15) is 4.79 Å². The number of ether oxygens (including phenoxy) is 1. The Bertz CT molecular complexity index is 744. The second-order valence-corrected chi connectivity index (χ2v) is 6.55. The second-order valence-electron chi connectivity index (χ2n) is 6.55. The Balaban J connectivity index is 1.78. The van der Waals surface area contributed by atoms with E-state index in [0.29, 0.717) is 11.2 Å². The van der Waals surface area contributed by atoms with Gasteiger partial charge >= 0.3 is 19.1 Å². The maximum atomic E-state index is 11.8. The number of hydrogen-bond acceptors (Lipinski definition) is 8. The number of rotatable bonds is 3. The highest BCUT2D eigenvalue weighted by atomic mass is 16.7. The summed E-state index contributed by atoms with van der Waals surface area (Å²) < 4.78 is 21.7. The van der Waals surface area contributed by atoms with E-state index in [4.69, 9.17) is 18.6 Å². The van der Waals surface area contributed by atoms with Crippen molar-refractivity contribution in [3.63, 3.8) is 0 Å². The van der Waals surface area contributed by atoms with E-state index >= 15 is 0 Å². The van der Waals surface area contributed by atoms with E-state index in [-0.39, 0.29) is 11.8 Å². The molecule has 1 saturated heterocycles. The van der Waals surface area contributed by atoms with E-state index in [1.165, 1.54) is 18.5 Å². The molecule has 0 spiro atoms. The summed E-state index contributed by atoms with van der Waals surface area (Å²) in [6.07, 6.45) is 2.89. The van der Waals surface area contributed by atoms with E-state index in [0.717, 1.165) is 0 Å². The SMILES string of the molecule is Cc1nc(OC(=O)c2ccno2)ncc1B1OC(C)(C)C(C)(C)O1. The molecule has 3 heterocycles. The van der Waals surface area contributed by atoms with Crippen LogP contribution in [0.4, 0.5) is 0 Å². The lowest BCUT2D eigenvalue weighted by atomic mass is 9.79. The Kier molecular flexibility index (Phi) is 3.93. The molecule has 126 valence electrons. The first-order valence-corrected chi connectivity index (χ1v) is 7.52. The van der Waals surface area contributed by atoms with Gasteiger partial charge in [0.25, 0.3) is 0 Å². The maximum absolute atomic E-state index is 11.8. The van der Waals surface area contributed by atoms with Gasteiger partial charge in [-0.15, -0.1) is 0 Å². The highest BCUT2D eigenvalue weighted by Gasteiger charge is 2.52. The molecular formula is C15H18BN3O5. The van der Waals surface area contributed by atoms with E-state index in [2.05, 4.69) is 15.1 Å². The van der Waals surface area contributed by atoms with Gasteiger partial charge in [-0.1, -0.05) is 5.16 Å². The smallest absolute Gasteiger partial charge is 0.399 e. The van der Waals surface area contributed by atoms with E-state index in [1.807, 2.05) is 27.7 Å². The van der Waals surface area contributed by atoms with Gasteiger partial charge in [-0.25, -0.2) is 14.8 Å². The van der Waals surface area contributed by atoms with Gasteiger partial charge in [-0.3, -0.25) is 0 Å². The molecule has 0 radical (unpaired) electrons. The van der Waals surface area contributed by atoms with Gasteiger partial charge in [0.05, 0.1) is 17.4 Å². The zero-order valence-electron chi connectivity index (χ0n) is 14.2. The molecule has 1 fully saturated rings. The molecule has 24 heavy (non-hydrogen) atoms. The van der Waals surface area contributed by atoms with Crippen molar-refractivity contribution in [3.8, 4) is 6.01 Å². The number of carbonyl (C=O) groups excluding carboxylic acids is 1. The lowest BCUT2D eigenvalue weighted by molar-refractivity contribution is 0.00578. The summed E-state index contributed by atoms with van der Waals surface area (Å²) in [5.74, 6) is -0.735. The summed E-state index contributed by atoms with van der Waals surface area (Å²) in [5.41, 5.74) is 0.375. The molecule has 9 heteroatoms. The van der Waals surface area contributed by atoms with Gasteiger partial charge in [0.1, 0.15) is 0 Å². The van der Waals surface area contributed by atoms with Crippen LogP contribution in [0, 0.1) is 6.92 Å². The molecule has 3 rings (SSSR count). The van der Waals surface area contributed by atoms with Crippen LogP contribution in [0.2, 0.25) is 0 Å². The van der Waals surface area contributed by atoms with Crippen LogP contribution < -0.4 is 10.2 Å². The molecule has 0 saturated carbocycles. The molecular weight excluding hydrogens is 313 g/mol. The summed E-state index contributed by atoms with van der Waals surface area (Å²) >= 11 is 0. The molecule has 0 unspecified atom stereocenters. The predicted molar refractivity (Wildman–Crippen MR) is 83.9 cm³/mol. The molecule has 1 aliphatic heterocycles. The minimum absolute atomic E-state index is 0.0220. The van der Waals surface area contributed by atoms with Crippen LogP contribution in [0.25, 0.3) is 0 Å². The minimum Gasteiger partial charge on any atom is -0.399 e. The van der Waals surface area contributed by atoms with Crippen LogP contribution in [0.5, 0.6) is 6.01 Å². The van der Waals surface area contributed by atoms with Crippen molar-refractivity contribution in [3.05, 3.63) is 29.9 Å². The molecule has 0 N–H and O–H groups in total. The van der Waals surface area contributed by atoms with Crippen LogP contribution in [-0.2, 0) is 9.31 Å². The van der Waals surface area contributed by atoms with E-state index < -0.39 is 24.3 Å². The normalized spacial score (nSPS) is 18.6. The van der Waals surface area contributed by atoms with Gasteiger partial charge in [-0.05, 0) is 34.6 Å². The van der Waals surface area contributed by atoms with Gasteiger partial charge in [0, 0.05) is 23.4 Å². The molecule has 0 atom stereocenters. The largest absolute Gasteiger partial charge is 0.498 e. The fourth-order valence-corrected chi connectivity index (χ4v) is 2.16. The fraction of sp³-hybridized carbons (Fsp3) is 0.467. The molecule has 8 nitrogen and oxygen atoms in total. The van der Waals surface area contributed by atoms with Crippen LogP contribution in [-0.4, -0.2) is 39.4 Å². The van der Waals surface area contributed by atoms with Crippen molar-refractivity contribution in [2.45, 2.75) is 45.8 Å². The minimum atomic E-state index is -0.713. The van der Waals surface area contributed by atoms with Crippen molar-refractivity contribution < 1.29 is 23.4 Å². The highest BCUT2D eigenvalue weighted by molar-refractivity contribution is 6.62. The second kappa shape index (κ2) is 5.68. The average molecular weight is 331 g/mol. The Hall–Kier alpha value is -2.26. The first kappa shape index (κ1) is 16.6. The van der Waals surface area contributed by atoms with Crippen molar-refractivity contribution in [1.82, 2.24) is 15.1 Å². The van der Waals surface area contributed by atoms with Gasteiger partial charge in [0.2, 0.25) is 5.76 Å². The number of nitrogens with zero attached hydrogens (tertiary/aromatic N) is 3. The molecule has 1 aliphatic rings. The lowest BCUT2D eigenvalue weighted by Gasteiger charge is -2.32. The molecule has 0 aromatic carbocycles. The maximum Gasteiger partial charge on any atom is 0.498 e. The van der Waals surface area contributed by atoms with Crippen LogP contribution in [0.1, 0.15) is 43.9 Å². The highest BCUT2D eigenvalue weighted by Crippen LogP contribution is 2.36. The molecule has 0 aliphatic carbocycles. The molecule has 0 bridgehead atoms. The Morgan fingerprint density at radius 3 is 2.42 bits per heavy atom. The Labute approximate surface area is 139 Å². The number of hydrogen-bond donors (Lipinski definition) is 0.